The van der Waals surface area contributed by atoms with Crippen LogP contribution in [0.5, 0.6) is 0 Å². The average Bonchev–Trinajstić information content (AvgIpc) is 1.99. The molecule has 0 spiro atoms. The van der Waals surface area contributed by atoms with Crippen molar-refractivity contribution in [1.82, 2.24) is 0 Å². The maximum atomic E-state index is 11.6. The number of anilines is 1. The van der Waals surface area contributed by atoms with Gasteiger partial charge < -0.3 is 5.32 Å². The number of benzene rings is 1. The Morgan fingerprint density at radius 3 is 2.60 bits per heavy atom. The minimum absolute atomic E-state index is 0.0337. The van der Waals surface area contributed by atoms with E-state index in [1.54, 1.807) is 0 Å². The zero-order chi connectivity index (χ0) is 11.5. The fraction of sp³-hybridized carbons (Fsp3) is 0.417. The number of hydrogen-bond donors (Lipinski definition) is 1. The van der Waals surface area contributed by atoms with Gasteiger partial charge in [-0.3, -0.25) is 4.79 Å². The van der Waals surface area contributed by atoms with E-state index < -0.39 is 0 Å². The molecule has 0 unspecified atom stereocenters. The van der Waals surface area contributed by atoms with Crippen LogP contribution in [-0.4, -0.2) is 5.91 Å². The minimum atomic E-state index is 0.0337. The van der Waals surface area contributed by atoms with E-state index in [1.165, 1.54) is 0 Å². The Balaban J connectivity index is 2.59. The molecular weight excluding hydrogens is 301 g/mol. The van der Waals surface area contributed by atoms with E-state index in [4.69, 9.17) is 0 Å². The zero-order valence-electron chi connectivity index (χ0n) is 9.30. The maximum Gasteiger partial charge on any atom is 0.224 e. The summed E-state index contributed by atoms with van der Waals surface area (Å²) in [6.45, 7) is 6.17. The lowest BCUT2D eigenvalue weighted by Gasteiger charge is -2.17. The summed E-state index contributed by atoms with van der Waals surface area (Å²) in [5.74, 6) is 0.0736. The van der Waals surface area contributed by atoms with Crippen molar-refractivity contribution in [3.8, 4) is 0 Å². The topological polar surface area (TPSA) is 29.1 Å². The van der Waals surface area contributed by atoms with Gasteiger partial charge in [-0.15, -0.1) is 0 Å². The molecule has 0 saturated carbocycles. The second-order valence-electron chi connectivity index (χ2n) is 4.80. The number of carbonyl (C=O) groups is 1. The van der Waals surface area contributed by atoms with Crippen LogP contribution >= 0.6 is 22.6 Å². The lowest BCUT2D eigenvalue weighted by Crippen LogP contribution is -2.19. The van der Waals surface area contributed by atoms with Crippen molar-refractivity contribution in [3.05, 3.63) is 27.8 Å². The van der Waals surface area contributed by atoms with E-state index in [0.717, 1.165) is 9.26 Å². The second kappa shape index (κ2) is 4.96. The molecule has 0 aromatic heterocycles. The number of rotatable bonds is 2. The summed E-state index contributed by atoms with van der Waals surface area (Å²) in [5, 5.41) is 2.90. The third-order valence-electron chi connectivity index (χ3n) is 1.80. The van der Waals surface area contributed by atoms with E-state index in [2.05, 4.69) is 48.7 Å². The van der Waals surface area contributed by atoms with E-state index in [-0.39, 0.29) is 11.3 Å². The molecule has 1 aromatic carbocycles. The predicted octanol–water partition coefficient (Wildman–Crippen LogP) is 3.67. The molecule has 0 aliphatic carbocycles. The molecule has 1 rings (SSSR count). The van der Waals surface area contributed by atoms with Crippen molar-refractivity contribution in [3.63, 3.8) is 0 Å². The highest BCUT2D eigenvalue weighted by Crippen LogP contribution is 2.20. The van der Waals surface area contributed by atoms with Crippen LogP contribution in [0.25, 0.3) is 0 Å². The largest absolute Gasteiger partial charge is 0.326 e. The highest BCUT2D eigenvalue weighted by Gasteiger charge is 2.15. The summed E-state index contributed by atoms with van der Waals surface area (Å²) < 4.78 is 1.13. The third kappa shape index (κ3) is 5.16. The Morgan fingerprint density at radius 2 is 2.07 bits per heavy atom. The molecule has 0 fully saturated rings. The minimum Gasteiger partial charge on any atom is -0.326 e. The molecule has 82 valence electrons. The average molecular weight is 317 g/mol. The second-order valence-corrected chi connectivity index (χ2v) is 6.04. The van der Waals surface area contributed by atoms with Crippen molar-refractivity contribution < 1.29 is 4.79 Å². The Labute approximate surface area is 105 Å². The van der Waals surface area contributed by atoms with Crippen molar-refractivity contribution in [1.29, 1.82) is 0 Å². The fourth-order valence-electron chi connectivity index (χ4n) is 1.25. The van der Waals surface area contributed by atoms with Gasteiger partial charge in [0, 0.05) is 15.7 Å². The number of carbonyl (C=O) groups excluding carboxylic acids is 1. The molecular formula is C12H16INO. The molecule has 0 bridgehead atoms. The molecule has 15 heavy (non-hydrogen) atoms. The van der Waals surface area contributed by atoms with Crippen LogP contribution in [0.4, 0.5) is 5.69 Å². The molecule has 0 radical (unpaired) electrons. The molecule has 1 N–H and O–H groups in total. The molecule has 0 heterocycles. The van der Waals surface area contributed by atoms with Crippen LogP contribution in [-0.2, 0) is 4.79 Å². The first-order valence-corrected chi connectivity index (χ1v) is 6.00. The van der Waals surface area contributed by atoms with E-state index >= 15 is 0 Å². The molecule has 0 aliphatic heterocycles. The summed E-state index contributed by atoms with van der Waals surface area (Å²) in [7, 11) is 0. The van der Waals surface area contributed by atoms with Crippen molar-refractivity contribution in [2.75, 3.05) is 5.32 Å². The van der Waals surface area contributed by atoms with Crippen LogP contribution < -0.4 is 5.32 Å². The SMILES string of the molecule is CC(C)(C)CC(=O)Nc1cccc(I)c1. The Morgan fingerprint density at radius 1 is 1.40 bits per heavy atom. The standard InChI is InChI=1S/C12H16INO/c1-12(2,3)8-11(15)14-10-6-4-5-9(13)7-10/h4-7H,8H2,1-3H3,(H,14,15). The van der Waals surface area contributed by atoms with Crippen LogP contribution in [0.15, 0.2) is 24.3 Å². The first kappa shape index (κ1) is 12.5. The molecule has 0 aliphatic rings. The van der Waals surface area contributed by atoms with Gasteiger partial charge in [-0.05, 0) is 46.2 Å². The lowest BCUT2D eigenvalue weighted by atomic mass is 9.92. The molecule has 0 atom stereocenters. The highest BCUT2D eigenvalue weighted by molar-refractivity contribution is 14.1. The molecule has 1 aromatic rings. The van der Waals surface area contributed by atoms with Crippen LogP contribution in [0.3, 0.4) is 0 Å². The van der Waals surface area contributed by atoms with Gasteiger partial charge in [-0.1, -0.05) is 26.8 Å². The van der Waals surface area contributed by atoms with Crippen molar-refractivity contribution in [2.45, 2.75) is 27.2 Å². The highest BCUT2D eigenvalue weighted by atomic mass is 127. The third-order valence-corrected chi connectivity index (χ3v) is 2.47. The summed E-state index contributed by atoms with van der Waals surface area (Å²) in [6.07, 6.45) is 0.540. The number of nitrogens with one attached hydrogen (secondary N) is 1. The van der Waals surface area contributed by atoms with Crippen molar-refractivity contribution >= 4 is 34.2 Å². The van der Waals surface area contributed by atoms with Gasteiger partial charge in [0.25, 0.3) is 0 Å². The Hall–Kier alpha value is -0.580. The first-order chi connectivity index (χ1) is 6.87. The van der Waals surface area contributed by atoms with Gasteiger partial charge in [0.1, 0.15) is 0 Å². The van der Waals surface area contributed by atoms with Gasteiger partial charge in [0.15, 0.2) is 0 Å². The van der Waals surface area contributed by atoms with Crippen molar-refractivity contribution in [2.24, 2.45) is 5.41 Å². The molecule has 0 saturated heterocycles. The van der Waals surface area contributed by atoms with Gasteiger partial charge >= 0.3 is 0 Å². The number of halogens is 1. The van der Waals surface area contributed by atoms with Crippen LogP contribution in [0.1, 0.15) is 27.2 Å². The van der Waals surface area contributed by atoms with Gasteiger partial charge in [0.05, 0.1) is 0 Å². The number of hydrogen-bond acceptors (Lipinski definition) is 1. The zero-order valence-corrected chi connectivity index (χ0v) is 11.5. The quantitative estimate of drug-likeness (QED) is 0.829. The Kier molecular flexibility index (Phi) is 4.13. The van der Waals surface area contributed by atoms with E-state index in [9.17, 15) is 4.79 Å². The van der Waals surface area contributed by atoms with Crippen LogP contribution in [0.2, 0.25) is 0 Å². The maximum absolute atomic E-state index is 11.6. The Bertz CT molecular complexity index is 355. The normalized spacial score (nSPS) is 11.2. The van der Waals surface area contributed by atoms with E-state index in [1.807, 2.05) is 24.3 Å². The van der Waals surface area contributed by atoms with Gasteiger partial charge in [0.2, 0.25) is 5.91 Å². The molecule has 1 amide bonds. The van der Waals surface area contributed by atoms with Crippen LogP contribution in [0, 0.1) is 8.99 Å². The molecule has 3 heteroatoms. The summed E-state index contributed by atoms with van der Waals surface area (Å²) >= 11 is 2.23. The van der Waals surface area contributed by atoms with Gasteiger partial charge in [-0.2, -0.15) is 0 Å². The monoisotopic (exact) mass is 317 g/mol. The first-order valence-electron chi connectivity index (χ1n) is 4.92. The molecule has 2 nitrogen and oxygen atoms in total. The summed E-state index contributed by atoms with van der Waals surface area (Å²) in [5.41, 5.74) is 0.905. The number of amides is 1. The van der Waals surface area contributed by atoms with E-state index in [0.29, 0.717) is 6.42 Å². The predicted molar refractivity (Wildman–Crippen MR) is 71.9 cm³/mol. The summed E-state index contributed by atoms with van der Waals surface area (Å²) in [4.78, 5) is 11.6. The smallest absolute Gasteiger partial charge is 0.224 e. The van der Waals surface area contributed by atoms with Gasteiger partial charge in [-0.25, -0.2) is 0 Å². The summed E-state index contributed by atoms with van der Waals surface area (Å²) in [6, 6.07) is 7.80. The lowest BCUT2D eigenvalue weighted by molar-refractivity contribution is -0.117. The fourth-order valence-corrected chi connectivity index (χ4v) is 1.80.